The summed E-state index contributed by atoms with van der Waals surface area (Å²) in [6.07, 6.45) is -3.09. The van der Waals surface area contributed by atoms with E-state index in [1.54, 1.807) is 0 Å². The van der Waals surface area contributed by atoms with Crippen LogP contribution in [0.2, 0.25) is 0 Å². The van der Waals surface area contributed by atoms with Crippen molar-refractivity contribution < 1.29 is 18.0 Å². The molecule has 0 atom stereocenters. The molecule has 136 valence electrons. The number of amides is 1. The predicted octanol–water partition coefficient (Wildman–Crippen LogP) is 2.35. The Balaban J connectivity index is 2.16. The normalized spacial score (nSPS) is 11.8. The van der Waals surface area contributed by atoms with Crippen molar-refractivity contribution in [3.8, 4) is 11.4 Å². The van der Waals surface area contributed by atoms with Crippen molar-refractivity contribution in [1.82, 2.24) is 24.0 Å². The van der Waals surface area contributed by atoms with E-state index in [9.17, 15) is 22.8 Å². The number of imidazole rings is 1. The Hall–Kier alpha value is -3.17. The van der Waals surface area contributed by atoms with E-state index in [4.69, 9.17) is 0 Å². The van der Waals surface area contributed by atoms with Gasteiger partial charge in [0.2, 0.25) is 0 Å². The summed E-state index contributed by atoms with van der Waals surface area (Å²) in [5.74, 6) is 0.108. The van der Waals surface area contributed by atoms with Gasteiger partial charge in [0.1, 0.15) is 5.52 Å². The third-order valence-corrected chi connectivity index (χ3v) is 3.85. The van der Waals surface area contributed by atoms with Crippen LogP contribution in [0.15, 0.2) is 35.3 Å². The largest absolute Gasteiger partial charge is 0.416 e. The average Bonchev–Trinajstić information content (AvgIpc) is 2.84. The van der Waals surface area contributed by atoms with Gasteiger partial charge in [-0.1, -0.05) is 12.1 Å². The Kier molecular flexibility index (Phi) is 4.05. The van der Waals surface area contributed by atoms with Gasteiger partial charge in [-0.2, -0.15) is 17.7 Å². The first kappa shape index (κ1) is 17.6. The lowest BCUT2D eigenvalue weighted by molar-refractivity contribution is -0.137. The third-order valence-electron chi connectivity index (χ3n) is 3.85. The molecule has 2 aromatic heterocycles. The molecule has 1 amide bonds. The van der Waals surface area contributed by atoms with Gasteiger partial charge < -0.3 is 4.90 Å². The molecule has 3 rings (SSSR count). The quantitative estimate of drug-likeness (QED) is 0.664. The van der Waals surface area contributed by atoms with Crippen LogP contribution in [0.4, 0.5) is 18.0 Å². The summed E-state index contributed by atoms with van der Waals surface area (Å²) >= 11 is 0. The average molecular weight is 365 g/mol. The van der Waals surface area contributed by atoms with Crippen molar-refractivity contribution >= 4 is 17.2 Å². The number of hydrogen-bond acceptors (Lipinski definition) is 4. The topological polar surface area (TPSA) is 73.0 Å². The molecular formula is C16H14F3N5O2. The molecule has 0 radical (unpaired) electrons. The van der Waals surface area contributed by atoms with E-state index in [-0.39, 0.29) is 11.5 Å². The lowest BCUT2D eigenvalue weighted by Crippen LogP contribution is -2.35. The van der Waals surface area contributed by atoms with Crippen molar-refractivity contribution in [2.45, 2.75) is 6.18 Å². The summed E-state index contributed by atoms with van der Waals surface area (Å²) in [4.78, 5) is 34.2. The molecule has 2 heterocycles. The van der Waals surface area contributed by atoms with Crippen molar-refractivity contribution in [3.05, 3.63) is 46.5 Å². The standard InChI is InChI=1S/C16H14F3N5O2/c1-22(2)14(25)24-13-11(23(3)15(24)26)8-20-12(21-13)9-4-6-10(7-5-9)16(17,18)19/h4-8H,1-3H3. The Morgan fingerprint density at radius 1 is 1.15 bits per heavy atom. The van der Waals surface area contributed by atoms with Crippen LogP contribution in [0.25, 0.3) is 22.6 Å². The lowest BCUT2D eigenvalue weighted by atomic mass is 10.1. The Bertz CT molecular complexity index is 1050. The monoisotopic (exact) mass is 365 g/mol. The molecule has 26 heavy (non-hydrogen) atoms. The van der Waals surface area contributed by atoms with E-state index in [0.717, 1.165) is 16.7 Å². The van der Waals surface area contributed by atoms with Crippen LogP contribution >= 0.6 is 0 Å². The number of benzene rings is 1. The van der Waals surface area contributed by atoms with Gasteiger partial charge in [0.05, 0.1) is 11.8 Å². The molecule has 0 aliphatic heterocycles. The zero-order valence-electron chi connectivity index (χ0n) is 14.1. The number of rotatable bonds is 1. The van der Waals surface area contributed by atoms with Crippen LogP contribution in [-0.2, 0) is 13.2 Å². The Labute approximate surface area is 145 Å². The number of aryl methyl sites for hydroxylation is 1. The Morgan fingerprint density at radius 2 is 1.77 bits per heavy atom. The highest BCUT2D eigenvalue weighted by Gasteiger charge is 2.30. The first-order chi connectivity index (χ1) is 12.1. The molecule has 1 aromatic carbocycles. The van der Waals surface area contributed by atoms with Gasteiger partial charge in [-0.3, -0.25) is 4.57 Å². The molecule has 10 heteroatoms. The molecule has 0 fully saturated rings. The second-order valence-corrected chi connectivity index (χ2v) is 5.83. The molecule has 0 aliphatic carbocycles. The molecular weight excluding hydrogens is 351 g/mol. The molecule has 3 aromatic rings. The molecule has 0 aliphatic rings. The first-order valence-corrected chi connectivity index (χ1v) is 7.45. The van der Waals surface area contributed by atoms with Gasteiger partial charge in [0, 0.05) is 26.7 Å². The number of fused-ring (bicyclic) bond motifs is 1. The fourth-order valence-corrected chi connectivity index (χ4v) is 2.43. The summed E-state index contributed by atoms with van der Waals surface area (Å²) < 4.78 is 40.2. The zero-order valence-corrected chi connectivity index (χ0v) is 14.1. The molecule has 0 unspecified atom stereocenters. The molecule has 0 N–H and O–H groups in total. The number of carbonyl (C=O) groups is 1. The summed E-state index contributed by atoms with van der Waals surface area (Å²) in [6, 6.07) is 3.74. The van der Waals surface area contributed by atoms with Gasteiger partial charge in [0.25, 0.3) is 0 Å². The van der Waals surface area contributed by atoms with Crippen LogP contribution in [-0.4, -0.2) is 44.1 Å². The van der Waals surface area contributed by atoms with Crippen LogP contribution < -0.4 is 5.69 Å². The minimum absolute atomic E-state index is 0.0843. The highest BCUT2D eigenvalue weighted by molar-refractivity contribution is 5.87. The molecule has 0 saturated carbocycles. The van der Waals surface area contributed by atoms with E-state index in [2.05, 4.69) is 9.97 Å². The smallest absolute Gasteiger partial charge is 0.330 e. The highest BCUT2D eigenvalue weighted by atomic mass is 19.4. The van der Waals surface area contributed by atoms with E-state index >= 15 is 0 Å². The van der Waals surface area contributed by atoms with Crippen LogP contribution in [0.1, 0.15) is 5.56 Å². The van der Waals surface area contributed by atoms with Gasteiger partial charge in [0.15, 0.2) is 11.5 Å². The first-order valence-electron chi connectivity index (χ1n) is 7.45. The van der Waals surface area contributed by atoms with Crippen molar-refractivity contribution in [2.24, 2.45) is 7.05 Å². The summed E-state index contributed by atoms with van der Waals surface area (Å²) in [5, 5.41) is 0. The number of hydrogen-bond donors (Lipinski definition) is 0. The van der Waals surface area contributed by atoms with E-state index < -0.39 is 23.5 Å². The highest BCUT2D eigenvalue weighted by Crippen LogP contribution is 2.30. The molecule has 0 saturated heterocycles. The zero-order chi connectivity index (χ0) is 19.2. The number of nitrogens with zero attached hydrogens (tertiary/aromatic N) is 5. The minimum atomic E-state index is -4.44. The maximum absolute atomic E-state index is 12.7. The van der Waals surface area contributed by atoms with Crippen molar-refractivity contribution in [2.75, 3.05) is 14.1 Å². The maximum Gasteiger partial charge on any atom is 0.416 e. The summed E-state index contributed by atoms with van der Waals surface area (Å²) in [6.45, 7) is 0. The van der Waals surface area contributed by atoms with E-state index in [0.29, 0.717) is 11.1 Å². The summed E-state index contributed by atoms with van der Waals surface area (Å²) in [5.41, 5.74) is -0.624. The van der Waals surface area contributed by atoms with E-state index in [1.165, 1.54) is 48.9 Å². The van der Waals surface area contributed by atoms with Crippen molar-refractivity contribution in [3.63, 3.8) is 0 Å². The molecule has 0 bridgehead atoms. The van der Waals surface area contributed by atoms with Gasteiger partial charge >= 0.3 is 17.9 Å². The summed E-state index contributed by atoms with van der Waals surface area (Å²) in [7, 11) is 4.46. The van der Waals surface area contributed by atoms with Gasteiger partial charge in [-0.25, -0.2) is 19.6 Å². The van der Waals surface area contributed by atoms with Gasteiger partial charge in [-0.15, -0.1) is 0 Å². The minimum Gasteiger partial charge on any atom is -0.330 e. The molecule has 0 spiro atoms. The number of carbonyl (C=O) groups excluding carboxylic acids is 1. The maximum atomic E-state index is 12.7. The van der Waals surface area contributed by atoms with Crippen molar-refractivity contribution in [1.29, 1.82) is 0 Å². The number of alkyl halides is 3. The lowest BCUT2D eigenvalue weighted by Gasteiger charge is -2.10. The van der Waals surface area contributed by atoms with E-state index in [1.807, 2.05) is 0 Å². The van der Waals surface area contributed by atoms with Crippen LogP contribution in [0.5, 0.6) is 0 Å². The fraction of sp³-hybridized carbons (Fsp3) is 0.250. The fourth-order valence-electron chi connectivity index (χ4n) is 2.43. The third kappa shape index (κ3) is 2.83. The number of aromatic nitrogens is 4. The van der Waals surface area contributed by atoms with Gasteiger partial charge in [-0.05, 0) is 12.1 Å². The Morgan fingerprint density at radius 3 is 2.31 bits per heavy atom. The second kappa shape index (κ2) is 5.97. The second-order valence-electron chi connectivity index (χ2n) is 5.83. The predicted molar refractivity (Wildman–Crippen MR) is 87.7 cm³/mol. The number of halogens is 3. The molecule has 7 nitrogen and oxygen atoms in total. The SMILES string of the molecule is CN(C)C(=O)n1c(=O)n(C)c2cnc(-c3ccc(C(F)(F)F)cc3)nc21. The van der Waals surface area contributed by atoms with Crippen LogP contribution in [0, 0.1) is 0 Å². The van der Waals surface area contributed by atoms with Crippen LogP contribution in [0.3, 0.4) is 0 Å².